The summed E-state index contributed by atoms with van der Waals surface area (Å²) >= 11 is 0. The fourth-order valence-electron chi connectivity index (χ4n) is 3.29. The number of aryl methyl sites for hydroxylation is 2. The zero-order chi connectivity index (χ0) is 19.4. The van der Waals surface area contributed by atoms with Gasteiger partial charge in [0, 0.05) is 39.4 Å². The van der Waals surface area contributed by atoms with E-state index in [2.05, 4.69) is 11.5 Å². The molecule has 2 N–H and O–H groups in total. The topological polar surface area (TPSA) is 86.5 Å². The average Bonchev–Trinajstić information content (AvgIpc) is 3.28. The Hall–Kier alpha value is -2.80. The third-order valence-electron chi connectivity index (χ3n) is 4.54. The maximum atomic E-state index is 13.2. The van der Waals surface area contributed by atoms with Gasteiger partial charge in [0.05, 0.1) is 29.4 Å². The summed E-state index contributed by atoms with van der Waals surface area (Å²) in [6.07, 6.45) is 3.22. The maximum absolute atomic E-state index is 13.2. The molecule has 0 radical (unpaired) electrons. The van der Waals surface area contributed by atoms with Crippen molar-refractivity contribution in [3.05, 3.63) is 47.7 Å². The minimum Gasteiger partial charge on any atom is -0.467 e. The molecule has 2 heterocycles. The number of benzene rings is 1. The smallest absolute Gasteiger partial charge is 0.256 e. The van der Waals surface area contributed by atoms with Crippen LogP contribution in [0.5, 0.6) is 0 Å². The van der Waals surface area contributed by atoms with Crippen LogP contribution in [0, 0.1) is 0 Å². The molecule has 144 valence electrons. The molecule has 3 aromatic rings. The van der Waals surface area contributed by atoms with Gasteiger partial charge in [-0.2, -0.15) is 0 Å². The van der Waals surface area contributed by atoms with Crippen LogP contribution in [0.2, 0.25) is 0 Å². The van der Waals surface area contributed by atoms with Gasteiger partial charge in [-0.15, -0.1) is 0 Å². The molecule has 0 atom stereocenters. The highest BCUT2D eigenvalue weighted by Gasteiger charge is 2.21. The number of amides is 1. The predicted octanol–water partition coefficient (Wildman–Crippen LogP) is 3.08. The number of fused-ring (bicyclic) bond motifs is 1. The second-order valence-electron chi connectivity index (χ2n) is 6.56. The quantitative estimate of drug-likeness (QED) is 0.486. The van der Waals surface area contributed by atoms with Crippen LogP contribution in [0.15, 0.2) is 34.9 Å². The van der Waals surface area contributed by atoms with Gasteiger partial charge in [-0.3, -0.25) is 4.79 Å². The van der Waals surface area contributed by atoms with E-state index in [1.807, 2.05) is 18.2 Å². The summed E-state index contributed by atoms with van der Waals surface area (Å²) < 4.78 is 12.7. The van der Waals surface area contributed by atoms with E-state index >= 15 is 0 Å². The van der Waals surface area contributed by atoms with E-state index in [1.54, 1.807) is 31.4 Å². The van der Waals surface area contributed by atoms with Crippen LogP contribution < -0.4 is 5.73 Å². The Morgan fingerprint density at radius 2 is 2.22 bits per heavy atom. The van der Waals surface area contributed by atoms with Crippen molar-refractivity contribution in [2.24, 2.45) is 0 Å². The predicted molar refractivity (Wildman–Crippen MR) is 105 cm³/mol. The van der Waals surface area contributed by atoms with Gasteiger partial charge < -0.3 is 24.4 Å². The van der Waals surface area contributed by atoms with Crippen LogP contribution in [-0.4, -0.2) is 41.1 Å². The van der Waals surface area contributed by atoms with Gasteiger partial charge >= 0.3 is 0 Å². The average molecular weight is 370 g/mol. The first-order valence-corrected chi connectivity index (χ1v) is 9.10. The molecule has 0 fully saturated rings. The number of imidazole rings is 1. The first-order valence-electron chi connectivity index (χ1n) is 9.10. The molecule has 1 amide bonds. The molecule has 7 heteroatoms. The fourth-order valence-corrected chi connectivity index (χ4v) is 3.29. The summed E-state index contributed by atoms with van der Waals surface area (Å²) in [4.78, 5) is 19.5. The highest BCUT2D eigenvalue weighted by atomic mass is 16.5. The molecule has 27 heavy (non-hydrogen) atoms. The van der Waals surface area contributed by atoms with Gasteiger partial charge in [0.2, 0.25) is 0 Å². The third kappa shape index (κ3) is 3.98. The number of anilines is 1. The Labute approximate surface area is 158 Å². The summed E-state index contributed by atoms with van der Waals surface area (Å²) in [5.74, 6) is 1.56. The van der Waals surface area contributed by atoms with Crippen molar-refractivity contribution in [3.63, 3.8) is 0 Å². The first kappa shape index (κ1) is 19.0. The molecule has 0 aliphatic rings. The number of ether oxygens (including phenoxy) is 1. The lowest BCUT2D eigenvalue weighted by molar-refractivity contribution is 0.0777. The Bertz CT molecular complexity index is 915. The first-order chi connectivity index (χ1) is 13.0. The monoisotopic (exact) mass is 370 g/mol. The summed E-state index contributed by atoms with van der Waals surface area (Å²) in [6, 6.07) is 7.22. The lowest BCUT2D eigenvalue weighted by atomic mass is 10.1. The zero-order valence-electron chi connectivity index (χ0n) is 16.1. The third-order valence-corrected chi connectivity index (χ3v) is 4.54. The minimum absolute atomic E-state index is 0.112. The summed E-state index contributed by atoms with van der Waals surface area (Å²) in [7, 11) is 3.44. The van der Waals surface area contributed by atoms with Crippen LogP contribution in [0.1, 0.15) is 35.3 Å². The van der Waals surface area contributed by atoms with Crippen molar-refractivity contribution in [2.45, 2.75) is 32.9 Å². The number of nitrogen functional groups attached to an aromatic ring is 1. The second-order valence-corrected chi connectivity index (χ2v) is 6.56. The van der Waals surface area contributed by atoms with Gasteiger partial charge in [-0.25, -0.2) is 4.98 Å². The van der Waals surface area contributed by atoms with E-state index in [0.717, 1.165) is 42.0 Å². The Morgan fingerprint density at radius 1 is 1.41 bits per heavy atom. The molecule has 3 rings (SSSR count). The molecule has 1 aromatic carbocycles. The minimum atomic E-state index is -0.112. The summed E-state index contributed by atoms with van der Waals surface area (Å²) in [6.45, 7) is 3.83. The fraction of sp³-hybridized carbons (Fsp3) is 0.400. The van der Waals surface area contributed by atoms with Gasteiger partial charge in [0.15, 0.2) is 0 Å². The molecule has 0 bridgehead atoms. The molecule has 0 saturated carbocycles. The standard InChI is InChI=1S/C20H26N4O3/c1-4-18-22-17-12-14(21)11-16(19(17)24(18)8-6-9-26-3)20(25)23(2)13-15-7-5-10-27-15/h5,7,10-12H,4,6,8-9,13,21H2,1-3H3. The van der Waals surface area contributed by atoms with E-state index in [1.165, 1.54) is 0 Å². The van der Waals surface area contributed by atoms with E-state index in [9.17, 15) is 4.79 Å². The summed E-state index contributed by atoms with van der Waals surface area (Å²) in [5.41, 5.74) is 8.73. The number of hydrogen-bond donors (Lipinski definition) is 1. The summed E-state index contributed by atoms with van der Waals surface area (Å²) in [5, 5.41) is 0. The lowest BCUT2D eigenvalue weighted by Crippen LogP contribution is -2.26. The van der Waals surface area contributed by atoms with Gasteiger partial charge in [-0.05, 0) is 30.7 Å². The number of aromatic nitrogens is 2. The van der Waals surface area contributed by atoms with Gasteiger partial charge in [0.25, 0.3) is 5.91 Å². The molecule has 7 nitrogen and oxygen atoms in total. The number of nitrogens with zero attached hydrogens (tertiary/aromatic N) is 3. The number of rotatable bonds is 8. The molecule has 0 saturated heterocycles. The van der Waals surface area contributed by atoms with Crippen LogP contribution in [0.3, 0.4) is 0 Å². The van der Waals surface area contributed by atoms with Crippen molar-refractivity contribution in [1.82, 2.24) is 14.5 Å². The number of methoxy groups -OCH3 is 1. The zero-order valence-corrected chi connectivity index (χ0v) is 16.1. The van der Waals surface area contributed by atoms with Crippen LogP contribution >= 0.6 is 0 Å². The molecule has 2 aromatic heterocycles. The molecule has 0 spiro atoms. The van der Waals surface area contributed by atoms with Gasteiger partial charge in [-0.1, -0.05) is 6.92 Å². The highest BCUT2D eigenvalue weighted by molar-refractivity contribution is 6.06. The maximum Gasteiger partial charge on any atom is 0.256 e. The van der Waals surface area contributed by atoms with E-state index < -0.39 is 0 Å². The SMILES string of the molecule is CCc1nc2cc(N)cc(C(=O)N(C)Cc3ccco3)c2n1CCCOC. The van der Waals surface area contributed by atoms with Crippen molar-refractivity contribution in [3.8, 4) is 0 Å². The normalized spacial score (nSPS) is 11.2. The second kappa shape index (κ2) is 8.26. The Morgan fingerprint density at radius 3 is 2.89 bits per heavy atom. The molecule has 0 aliphatic carbocycles. The van der Waals surface area contributed by atoms with Crippen molar-refractivity contribution in [2.75, 3.05) is 26.5 Å². The largest absolute Gasteiger partial charge is 0.467 e. The number of carbonyl (C=O) groups is 1. The van der Waals surface area contributed by atoms with Crippen molar-refractivity contribution >= 4 is 22.6 Å². The lowest BCUT2D eigenvalue weighted by Gasteiger charge is -2.18. The van der Waals surface area contributed by atoms with Crippen molar-refractivity contribution < 1.29 is 13.9 Å². The van der Waals surface area contributed by atoms with Crippen LogP contribution in [0.4, 0.5) is 5.69 Å². The van der Waals surface area contributed by atoms with Crippen LogP contribution in [-0.2, 0) is 24.2 Å². The number of furan rings is 1. The number of nitrogens with two attached hydrogens (primary N) is 1. The molecule has 0 aliphatic heterocycles. The van der Waals surface area contributed by atoms with Crippen LogP contribution in [0.25, 0.3) is 11.0 Å². The highest BCUT2D eigenvalue weighted by Crippen LogP contribution is 2.26. The number of carbonyl (C=O) groups excluding carboxylic acids is 1. The Kier molecular flexibility index (Phi) is 5.81. The van der Waals surface area contributed by atoms with E-state index in [4.69, 9.17) is 19.9 Å². The van der Waals surface area contributed by atoms with Crippen molar-refractivity contribution in [1.29, 1.82) is 0 Å². The number of hydrogen-bond acceptors (Lipinski definition) is 5. The molecule has 0 unspecified atom stereocenters. The van der Waals surface area contributed by atoms with E-state index in [0.29, 0.717) is 24.4 Å². The van der Waals surface area contributed by atoms with E-state index in [-0.39, 0.29) is 5.91 Å². The van der Waals surface area contributed by atoms with Gasteiger partial charge in [0.1, 0.15) is 11.6 Å². The Balaban J connectivity index is 2.02. The molecular formula is C20H26N4O3. The molecular weight excluding hydrogens is 344 g/mol.